The van der Waals surface area contributed by atoms with Crippen LogP contribution in [0, 0.1) is 11.8 Å². The number of hydrogen-bond donors (Lipinski definition) is 1. The molecule has 0 aromatic rings. The highest BCUT2D eigenvalue weighted by atomic mass is 16.4. The number of carbonyl (C=O) groups is 2. The van der Waals surface area contributed by atoms with Crippen molar-refractivity contribution < 1.29 is 14.7 Å². The monoisotopic (exact) mass is 282 g/mol. The van der Waals surface area contributed by atoms with Gasteiger partial charge in [0.05, 0.1) is 5.92 Å². The third kappa shape index (κ3) is 3.44. The van der Waals surface area contributed by atoms with Crippen LogP contribution in [0.25, 0.3) is 0 Å². The van der Waals surface area contributed by atoms with Gasteiger partial charge in [-0.15, -0.1) is 0 Å². The summed E-state index contributed by atoms with van der Waals surface area (Å²) in [6, 6.07) is 0.333. The number of carboxylic acids is 1. The Kier molecular flexibility index (Phi) is 4.89. The molecule has 1 saturated heterocycles. The summed E-state index contributed by atoms with van der Waals surface area (Å²) in [7, 11) is 1.87. The van der Waals surface area contributed by atoms with Crippen LogP contribution in [0.15, 0.2) is 0 Å². The first-order valence-corrected chi connectivity index (χ1v) is 7.73. The fraction of sp³-hybridized carbons (Fsp3) is 0.867. The number of piperidine rings is 1. The van der Waals surface area contributed by atoms with E-state index in [4.69, 9.17) is 5.11 Å². The molecular weight excluding hydrogens is 256 g/mol. The minimum atomic E-state index is -0.781. The number of amides is 2. The van der Waals surface area contributed by atoms with Gasteiger partial charge in [-0.3, -0.25) is 4.79 Å². The van der Waals surface area contributed by atoms with Crippen LogP contribution >= 0.6 is 0 Å². The first kappa shape index (κ1) is 15.1. The van der Waals surface area contributed by atoms with Crippen LogP contribution in [0.1, 0.15) is 45.4 Å². The molecular formula is C15H26N2O3. The Bertz CT molecular complexity index is 364. The molecule has 1 N–H and O–H groups in total. The molecule has 1 unspecified atom stereocenters. The van der Waals surface area contributed by atoms with Gasteiger partial charge in [-0.2, -0.15) is 0 Å². The van der Waals surface area contributed by atoms with Crippen LogP contribution in [-0.2, 0) is 4.79 Å². The van der Waals surface area contributed by atoms with Crippen LogP contribution in [0.2, 0.25) is 0 Å². The first-order chi connectivity index (χ1) is 9.49. The van der Waals surface area contributed by atoms with E-state index in [1.165, 1.54) is 12.8 Å². The van der Waals surface area contributed by atoms with Crippen molar-refractivity contribution in [1.82, 2.24) is 9.80 Å². The van der Waals surface area contributed by atoms with Gasteiger partial charge in [0, 0.05) is 26.2 Å². The number of nitrogens with zero attached hydrogens (tertiary/aromatic N) is 2. The van der Waals surface area contributed by atoms with Crippen molar-refractivity contribution in [2.24, 2.45) is 11.8 Å². The van der Waals surface area contributed by atoms with E-state index in [1.54, 1.807) is 4.90 Å². The summed E-state index contributed by atoms with van der Waals surface area (Å²) < 4.78 is 0. The molecule has 20 heavy (non-hydrogen) atoms. The Morgan fingerprint density at radius 1 is 1.15 bits per heavy atom. The minimum Gasteiger partial charge on any atom is -0.481 e. The maximum absolute atomic E-state index is 12.5. The van der Waals surface area contributed by atoms with Crippen molar-refractivity contribution in [3.8, 4) is 0 Å². The number of likely N-dealkylation sites (tertiary alicyclic amines) is 1. The summed E-state index contributed by atoms with van der Waals surface area (Å²) in [6.45, 7) is 3.32. The van der Waals surface area contributed by atoms with Gasteiger partial charge >= 0.3 is 12.0 Å². The lowest BCUT2D eigenvalue weighted by atomic mass is 9.87. The average Bonchev–Trinajstić information content (AvgIpc) is 2.46. The lowest BCUT2D eigenvalue weighted by Gasteiger charge is -2.39. The molecule has 0 aromatic heterocycles. The smallest absolute Gasteiger partial charge is 0.320 e. The van der Waals surface area contributed by atoms with Crippen LogP contribution in [0.3, 0.4) is 0 Å². The van der Waals surface area contributed by atoms with Gasteiger partial charge in [0.15, 0.2) is 0 Å². The molecule has 5 heteroatoms. The van der Waals surface area contributed by atoms with Crippen LogP contribution < -0.4 is 0 Å². The molecule has 1 saturated carbocycles. The van der Waals surface area contributed by atoms with E-state index in [1.807, 2.05) is 11.9 Å². The van der Waals surface area contributed by atoms with Gasteiger partial charge in [0.1, 0.15) is 0 Å². The highest BCUT2D eigenvalue weighted by Gasteiger charge is 2.32. The second-order valence-corrected chi connectivity index (χ2v) is 6.43. The summed E-state index contributed by atoms with van der Waals surface area (Å²) in [4.78, 5) is 27.2. The van der Waals surface area contributed by atoms with Gasteiger partial charge < -0.3 is 14.9 Å². The fourth-order valence-electron chi connectivity index (χ4n) is 3.36. The predicted octanol–water partition coefficient (Wildman–Crippen LogP) is 2.41. The minimum absolute atomic E-state index is 0.00973. The molecule has 2 rings (SSSR count). The highest BCUT2D eigenvalue weighted by molar-refractivity contribution is 5.76. The molecule has 0 bridgehead atoms. The van der Waals surface area contributed by atoms with Crippen molar-refractivity contribution in [2.75, 3.05) is 20.1 Å². The molecule has 2 fully saturated rings. The summed E-state index contributed by atoms with van der Waals surface area (Å²) in [6.07, 6.45) is 5.97. The second-order valence-electron chi connectivity index (χ2n) is 6.43. The number of hydrogen-bond acceptors (Lipinski definition) is 2. The maximum atomic E-state index is 12.5. The van der Waals surface area contributed by atoms with Crippen molar-refractivity contribution in [2.45, 2.75) is 51.5 Å². The van der Waals surface area contributed by atoms with Crippen LogP contribution in [-0.4, -0.2) is 53.1 Å². The van der Waals surface area contributed by atoms with Gasteiger partial charge in [0.25, 0.3) is 0 Å². The summed E-state index contributed by atoms with van der Waals surface area (Å²) in [5.74, 6) is -0.412. The molecule has 1 atom stereocenters. The van der Waals surface area contributed by atoms with E-state index in [-0.39, 0.29) is 6.03 Å². The molecule has 0 spiro atoms. The summed E-state index contributed by atoms with van der Waals surface area (Å²) in [5.41, 5.74) is 0. The predicted molar refractivity (Wildman–Crippen MR) is 76.5 cm³/mol. The third-order valence-electron chi connectivity index (χ3n) is 4.88. The van der Waals surface area contributed by atoms with E-state index in [9.17, 15) is 9.59 Å². The highest BCUT2D eigenvalue weighted by Crippen LogP contribution is 2.27. The SMILES string of the molecule is CC1CCC(N(C)C(=O)N2CCCC(C(=O)O)C2)CC1. The van der Waals surface area contributed by atoms with E-state index < -0.39 is 11.9 Å². The topological polar surface area (TPSA) is 60.9 Å². The maximum Gasteiger partial charge on any atom is 0.320 e. The Balaban J connectivity index is 1.91. The van der Waals surface area contributed by atoms with Crippen molar-refractivity contribution in [1.29, 1.82) is 0 Å². The lowest BCUT2D eigenvalue weighted by Crippen LogP contribution is -2.51. The number of rotatable bonds is 2. The number of carboxylic acid groups (broad SMARTS) is 1. The Hall–Kier alpha value is -1.26. The molecule has 2 aliphatic rings. The first-order valence-electron chi connectivity index (χ1n) is 7.73. The zero-order chi connectivity index (χ0) is 14.7. The second kappa shape index (κ2) is 6.46. The number of carbonyl (C=O) groups excluding carboxylic acids is 1. The zero-order valence-electron chi connectivity index (χ0n) is 12.5. The van der Waals surface area contributed by atoms with Crippen molar-refractivity contribution in [3.63, 3.8) is 0 Å². The molecule has 5 nitrogen and oxygen atoms in total. The van der Waals surface area contributed by atoms with Crippen molar-refractivity contribution >= 4 is 12.0 Å². The quantitative estimate of drug-likeness (QED) is 0.846. The Labute approximate surface area is 120 Å². The van der Waals surface area contributed by atoms with Gasteiger partial charge in [-0.1, -0.05) is 6.92 Å². The Morgan fingerprint density at radius 2 is 1.80 bits per heavy atom. The summed E-state index contributed by atoms with van der Waals surface area (Å²) >= 11 is 0. The van der Waals surface area contributed by atoms with E-state index >= 15 is 0 Å². The van der Waals surface area contributed by atoms with Gasteiger partial charge in [-0.05, 0) is 44.4 Å². The van der Waals surface area contributed by atoms with E-state index in [0.29, 0.717) is 25.6 Å². The lowest BCUT2D eigenvalue weighted by molar-refractivity contribution is -0.143. The fourth-order valence-corrected chi connectivity index (χ4v) is 3.36. The van der Waals surface area contributed by atoms with Gasteiger partial charge in [-0.25, -0.2) is 4.79 Å². The van der Waals surface area contributed by atoms with Crippen LogP contribution in [0.4, 0.5) is 4.79 Å². The molecule has 114 valence electrons. The molecule has 1 aliphatic heterocycles. The van der Waals surface area contributed by atoms with Crippen molar-refractivity contribution in [3.05, 3.63) is 0 Å². The largest absolute Gasteiger partial charge is 0.481 e. The third-order valence-corrected chi connectivity index (χ3v) is 4.88. The normalized spacial score (nSPS) is 30.9. The van der Waals surface area contributed by atoms with Crippen LogP contribution in [0.5, 0.6) is 0 Å². The van der Waals surface area contributed by atoms with Gasteiger partial charge in [0.2, 0.25) is 0 Å². The molecule has 1 aliphatic carbocycles. The molecule has 1 heterocycles. The standard InChI is InChI=1S/C15H26N2O3/c1-11-5-7-13(8-6-11)16(2)15(20)17-9-3-4-12(10-17)14(18)19/h11-13H,3-10H2,1-2H3,(H,18,19). The summed E-state index contributed by atoms with van der Waals surface area (Å²) in [5, 5.41) is 9.10. The Morgan fingerprint density at radius 3 is 2.40 bits per heavy atom. The molecule has 0 aromatic carbocycles. The average molecular weight is 282 g/mol. The molecule has 2 amide bonds. The number of aliphatic carboxylic acids is 1. The number of urea groups is 1. The zero-order valence-corrected chi connectivity index (χ0v) is 12.5. The molecule has 0 radical (unpaired) electrons. The van der Waals surface area contributed by atoms with E-state index in [2.05, 4.69) is 6.92 Å². The van der Waals surface area contributed by atoms with E-state index in [0.717, 1.165) is 25.2 Å².